The summed E-state index contributed by atoms with van der Waals surface area (Å²) >= 11 is 0. The lowest BCUT2D eigenvalue weighted by atomic mass is 9.89. The van der Waals surface area contributed by atoms with Crippen LogP contribution in [0.5, 0.6) is 0 Å². The Balaban J connectivity index is 4.51. The van der Waals surface area contributed by atoms with Crippen molar-refractivity contribution in [1.29, 1.82) is 0 Å². The molecule has 5 heteroatoms. The van der Waals surface area contributed by atoms with Crippen molar-refractivity contribution in [3.8, 4) is 0 Å². The molecule has 0 aromatic rings. The minimum atomic E-state index is -0.375. The molecule has 0 radical (unpaired) electrons. The van der Waals surface area contributed by atoms with Crippen LogP contribution in [-0.2, 0) is 19.0 Å². The van der Waals surface area contributed by atoms with E-state index in [4.69, 9.17) is 14.2 Å². The molecule has 44 heavy (non-hydrogen) atoms. The van der Waals surface area contributed by atoms with Crippen molar-refractivity contribution < 1.29 is 24.1 Å². The highest BCUT2D eigenvalue weighted by Gasteiger charge is 2.16. The summed E-state index contributed by atoms with van der Waals surface area (Å²) in [5.74, 6) is 0.592. The normalized spacial score (nSPS) is 12.8. The first-order valence-corrected chi connectivity index (χ1v) is 18.9. The summed E-state index contributed by atoms with van der Waals surface area (Å²) in [6, 6.07) is 0. The molecule has 0 fully saturated rings. The molecule has 0 rings (SSSR count). The lowest BCUT2D eigenvalue weighted by Gasteiger charge is -2.20. The molecule has 0 heterocycles. The summed E-state index contributed by atoms with van der Waals surface area (Å²) in [5, 5.41) is 9.96. The zero-order chi connectivity index (χ0) is 32.4. The second-order valence-electron chi connectivity index (χ2n) is 12.7. The number of hydrogen-bond donors (Lipinski definition) is 1. The molecule has 5 nitrogen and oxygen atoms in total. The molecule has 0 saturated heterocycles. The Bertz CT molecular complexity index is 610. The maximum absolute atomic E-state index is 12.6. The minimum absolute atomic E-state index is 0.0200. The Morgan fingerprint density at radius 1 is 0.591 bits per heavy atom. The average molecular weight is 623 g/mol. The third-order valence-corrected chi connectivity index (χ3v) is 8.42. The Kier molecular flexibility index (Phi) is 33.8. The van der Waals surface area contributed by atoms with Crippen LogP contribution in [0.25, 0.3) is 0 Å². The maximum atomic E-state index is 12.6. The summed E-state index contributed by atoms with van der Waals surface area (Å²) in [6.45, 7) is 10.5. The summed E-state index contributed by atoms with van der Waals surface area (Å²) in [7, 11) is 0. The van der Waals surface area contributed by atoms with E-state index in [-0.39, 0.29) is 31.2 Å². The fraction of sp³-hybridized carbons (Fsp3) is 0.872. The van der Waals surface area contributed by atoms with Crippen molar-refractivity contribution in [2.45, 2.75) is 182 Å². The number of hydrogen-bond acceptors (Lipinski definition) is 5. The van der Waals surface area contributed by atoms with Gasteiger partial charge in [0.2, 0.25) is 0 Å². The fourth-order valence-corrected chi connectivity index (χ4v) is 5.54. The van der Waals surface area contributed by atoms with Crippen LogP contribution in [0.3, 0.4) is 0 Å². The molecule has 0 amide bonds. The largest absolute Gasteiger partial charge is 0.465 e. The topological polar surface area (TPSA) is 65.0 Å². The molecule has 0 spiro atoms. The van der Waals surface area contributed by atoms with Gasteiger partial charge in [-0.25, -0.2) is 0 Å². The number of aliphatic hydroxyl groups is 1. The van der Waals surface area contributed by atoms with Crippen LogP contribution < -0.4 is 0 Å². The molecular formula is C39H74O5. The monoisotopic (exact) mass is 623 g/mol. The minimum Gasteiger partial charge on any atom is -0.465 e. The highest BCUT2D eigenvalue weighted by molar-refractivity contribution is 5.69. The first-order valence-electron chi connectivity index (χ1n) is 18.9. The van der Waals surface area contributed by atoms with Crippen molar-refractivity contribution in [1.82, 2.24) is 0 Å². The quantitative estimate of drug-likeness (QED) is 0.0335. The van der Waals surface area contributed by atoms with Gasteiger partial charge in [0.05, 0.1) is 13.0 Å². The van der Waals surface area contributed by atoms with E-state index in [0.29, 0.717) is 26.2 Å². The van der Waals surface area contributed by atoms with Gasteiger partial charge in [-0.3, -0.25) is 4.79 Å². The highest BCUT2D eigenvalue weighted by atomic mass is 16.7. The van der Waals surface area contributed by atoms with Crippen LogP contribution in [0.1, 0.15) is 175 Å². The first kappa shape index (κ1) is 42.8. The Hall–Kier alpha value is -1.17. The van der Waals surface area contributed by atoms with Gasteiger partial charge in [-0.1, -0.05) is 129 Å². The molecule has 1 unspecified atom stereocenters. The lowest BCUT2D eigenvalue weighted by Crippen LogP contribution is -2.22. The van der Waals surface area contributed by atoms with Crippen LogP contribution in [0, 0.1) is 11.8 Å². The van der Waals surface area contributed by atoms with Crippen molar-refractivity contribution >= 4 is 5.97 Å². The fourth-order valence-electron chi connectivity index (χ4n) is 5.54. The van der Waals surface area contributed by atoms with Gasteiger partial charge < -0.3 is 19.3 Å². The molecule has 260 valence electrons. The number of carbonyl (C=O) groups is 1. The maximum Gasteiger partial charge on any atom is 0.305 e. The molecule has 0 aliphatic rings. The number of ether oxygens (including phenoxy) is 3. The number of aliphatic hydroxyl groups excluding tert-OH is 1. The molecule has 0 aliphatic carbocycles. The number of esters is 1. The number of allylic oxidation sites excluding steroid dienone is 4. The van der Waals surface area contributed by atoms with Crippen molar-refractivity contribution in [2.75, 3.05) is 26.4 Å². The van der Waals surface area contributed by atoms with Gasteiger partial charge in [0.1, 0.15) is 0 Å². The zero-order valence-corrected chi connectivity index (χ0v) is 29.7. The third-order valence-electron chi connectivity index (χ3n) is 8.42. The number of carbonyl (C=O) groups excluding carboxylic acids is 1. The van der Waals surface area contributed by atoms with Crippen molar-refractivity contribution in [3.05, 3.63) is 24.3 Å². The standard InChI is InChI=1S/C39H74O5/c1-5-9-13-17-19-23-32-42-39(43-33-24-20-18-14-10-6-2)31-30-38(41)44-35-37(34-40)29-25-28-36(26-21-15-11-7-3)27-22-16-12-8-4/h9-10,13-14,36-37,39-40H,5-8,11-12,15-35H2,1-4H3/b13-9-,14-10-. The van der Waals surface area contributed by atoms with Crippen molar-refractivity contribution in [2.24, 2.45) is 11.8 Å². The van der Waals surface area contributed by atoms with Crippen LogP contribution in [0.4, 0.5) is 0 Å². The predicted octanol–water partition coefficient (Wildman–Crippen LogP) is 11.3. The molecule has 0 aromatic carbocycles. The number of unbranched alkanes of at least 4 members (excludes halogenated alkanes) is 10. The second-order valence-corrected chi connectivity index (χ2v) is 12.7. The highest BCUT2D eigenvalue weighted by Crippen LogP contribution is 2.25. The molecule has 1 N–H and O–H groups in total. The molecule has 0 aromatic heterocycles. The zero-order valence-electron chi connectivity index (χ0n) is 29.7. The van der Waals surface area contributed by atoms with Crippen molar-refractivity contribution in [3.63, 3.8) is 0 Å². The van der Waals surface area contributed by atoms with Gasteiger partial charge in [-0.15, -0.1) is 0 Å². The van der Waals surface area contributed by atoms with Gasteiger partial charge in [0, 0.05) is 32.2 Å². The molecular weight excluding hydrogens is 548 g/mol. The van der Waals surface area contributed by atoms with Crippen LogP contribution in [-0.4, -0.2) is 43.8 Å². The first-order chi connectivity index (χ1) is 21.6. The van der Waals surface area contributed by atoms with Crippen LogP contribution in [0.2, 0.25) is 0 Å². The summed E-state index contributed by atoms with van der Waals surface area (Å²) in [6.07, 6.45) is 34.3. The summed E-state index contributed by atoms with van der Waals surface area (Å²) in [4.78, 5) is 12.6. The Morgan fingerprint density at radius 3 is 1.61 bits per heavy atom. The van der Waals surface area contributed by atoms with E-state index in [9.17, 15) is 9.90 Å². The Morgan fingerprint density at radius 2 is 1.11 bits per heavy atom. The second kappa shape index (κ2) is 34.7. The van der Waals surface area contributed by atoms with Gasteiger partial charge in [-0.05, 0) is 63.7 Å². The summed E-state index contributed by atoms with van der Waals surface area (Å²) < 4.78 is 17.7. The van der Waals surface area contributed by atoms with Gasteiger partial charge in [-0.2, -0.15) is 0 Å². The van der Waals surface area contributed by atoms with Gasteiger partial charge in [0.25, 0.3) is 0 Å². The van der Waals surface area contributed by atoms with E-state index in [1.165, 1.54) is 70.6 Å². The number of rotatable bonds is 34. The predicted molar refractivity (Wildman–Crippen MR) is 188 cm³/mol. The van der Waals surface area contributed by atoms with E-state index in [0.717, 1.165) is 70.1 Å². The van der Waals surface area contributed by atoms with Crippen LogP contribution >= 0.6 is 0 Å². The SMILES string of the molecule is CC/C=C\CCCCOC(CCC(=O)OCC(CO)CCCC(CCCCCC)CCCCCC)OCCCC/C=C\CC. The van der Waals surface area contributed by atoms with E-state index < -0.39 is 0 Å². The average Bonchev–Trinajstić information content (AvgIpc) is 3.03. The smallest absolute Gasteiger partial charge is 0.305 e. The molecule has 0 bridgehead atoms. The van der Waals surface area contributed by atoms with Gasteiger partial charge in [0.15, 0.2) is 6.29 Å². The molecule has 0 aliphatic heterocycles. The molecule has 1 atom stereocenters. The van der Waals surface area contributed by atoms with E-state index >= 15 is 0 Å². The third kappa shape index (κ3) is 29.5. The van der Waals surface area contributed by atoms with Gasteiger partial charge >= 0.3 is 5.97 Å². The molecule has 0 saturated carbocycles. The van der Waals surface area contributed by atoms with Crippen LogP contribution in [0.15, 0.2) is 24.3 Å². The van der Waals surface area contributed by atoms with E-state index in [1.807, 2.05) is 0 Å². The summed E-state index contributed by atoms with van der Waals surface area (Å²) in [5.41, 5.74) is 0. The lowest BCUT2D eigenvalue weighted by molar-refractivity contribution is -0.160. The van der Waals surface area contributed by atoms with E-state index in [2.05, 4.69) is 52.0 Å². The Labute approximate surface area is 274 Å². The van der Waals surface area contributed by atoms with E-state index in [1.54, 1.807) is 0 Å².